The second-order valence-electron chi connectivity index (χ2n) is 7.70. The molecule has 0 aromatic carbocycles. The molecule has 3 rings (SSSR count). The minimum Gasteiger partial charge on any atom is -0.390 e. The molecule has 3 saturated carbocycles. The molecular weight excluding hydrogens is 196 g/mol. The van der Waals surface area contributed by atoms with Crippen LogP contribution in [0.1, 0.15) is 59.8 Å². The van der Waals surface area contributed by atoms with Crippen LogP contribution in [0.15, 0.2) is 0 Å². The molecule has 3 fully saturated rings. The highest BCUT2D eigenvalue weighted by Crippen LogP contribution is 2.73. The molecule has 3 aliphatic rings. The minimum absolute atomic E-state index is 0.352. The molecule has 1 nitrogen and oxygen atoms in total. The van der Waals surface area contributed by atoms with Gasteiger partial charge in [-0.25, -0.2) is 0 Å². The van der Waals surface area contributed by atoms with Crippen LogP contribution in [-0.2, 0) is 0 Å². The number of hydrogen-bond donors (Lipinski definition) is 1. The van der Waals surface area contributed by atoms with Crippen LogP contribution in [0, 0.1) is 28.6 Å². The maximum absolute atomic E-state index is 10.6. The van der Waals surface area contributed by atoms with Crippen LogP contribution in [-0.4, -0.2) is 10.7 Å². The van der Waals surface area contributed by atoms with Crippen LogP contribution in [0.25, 0.3) is 0 Å². The zero-order valence-corrected chi connectivity index (χ0v) is 11.2. The molecule has 92 valence electrons. The van der Waals surface area contributed by atoms with Crippen molar-refractivity contribution in [2.75, 3.05) is 0 Å². The zero-order valence-electron chi connectivity index (χ0n) is 11.2. The molecule has 2 bridgehead atoms. The van der Waals surface area contributed by atoms with Gasteiger partial charge >= 0.3 is 0 Å². The van der Waals surface area contributed by atoms with Gasteiger partial charge in [-0.1, -0.05) is 20.8 Å². The number of hydrogen-bond acceptors (Lipinski definition) is 1. The molecule has 0 aliphatic heterocycles. The average molecular weight is 222 g/mol. The Bertz CT molecular complexity index is 313. The molecule has 16 heavy (non-hydrogen) atoms. The highest BCUT2D eigenvalue weighted by Gasteiger charge is 2.67. The minimum atomic E-state index is -0.404. The van der Waals surface area contributed by atoms with Gasteiger partial charge in [0.1, 0.15) is 0 Å². The Hall–Kier alpha value is -0.0400. The van der Waals surface area contributed by atoms with E-state index in [0.29, 0.717) is 16.7 Å². The summed E-state index contributed by atoms with van der Waals surface area (Å²) >= 11 is 0. The third kappa shape index (κ3) is 1.06. The van der Waals surface area contributed by atoms with Crippen molar-refractivity contribution in [2.45, 2.75) is 65.4 Å². The van der Waals surface area contributed by atoms with Gasteiger partial charge in [-0.3, -0.25) is 0 Å². The van der Waals surface area contributed by atoms with Crippen LogP contribution in [0.3, 0.4) is 0 Å². The van der Waals surface area contributed by atoms with E-state index in [4.69, 9.17) is 0 Å². The number of fused-ring (bicyclic) bond motifs is 1. The fourth-order valence-corrected chi connectivity index (χ4v) is 5.88. The van der Waals surface area contributed by atoms with Crippen molar-refractivity contribution >= 4 is 0 Å². The van der Waals surface area contributed by atoms with E-state index in [0.717, 1.165) is 18.3 Å². The van der Waals surface area contributed by atoms with E-state index in [-0.39, 0.29) is 0 Å². The maximum Gasteiger partial charge on any atom is 0.0653 e. The van der Waals surface area contributed by atoms with Crippen LogP contribution in [0.5, 0.6) is 0 Å². The summed E-state index contributed by atoms with van der Waals surface area (Å²) in [7, 11) is 0. The fraction of sp³-hybridized carbons (Fsp3) is 1.00. The summed E-state index contributed by atoms with van der Waals surface area (Å²) < 4.78 is 0. The summed E-state index contributed by atoms with van der Waals surface area (Å²) in [5, 5.41) is 10.6. The summed E-state index contributed by atoms with van der Waals surface area (Å²) in [4.78, 5) is 0. The first-order chi connectivity index (χ1) is 7.31. The Labute approximate surface area is 99.6 Å². The molecule has 5 atom stereocenters. The van der Waals surface area contributed by atoms with Gasteiger partial charge in [0, 0.05) is 0 Å². The van der Waals surface area contributed by atoms with Gasteiger partial charge in [-0.2, -0.15) is 0 Å². The lowest BCUT2D eigenvalue weighted by atomic mass is 9.64. The van der Waals surface area contributed by atoms with Crippen LogP contribution in [0.4, 0.5) is 0 Å². The van der Waals surface area contributed by atoms with Crippen molar-refractivity contribution in [1.29, 1.82) is 0 Å². The zero-order chi connectivity index (χ0) is 11.8. The largest absolute Gasteiger partial charge is 0.390 e. The van der Waals surface area contributed by atoms with Crippen molar-refractivity contribution in [3.8, 4) is 0 Å². The predicted molar refractivity (Wildman–Crippen MR) is 66.1 cm³/mol. The molecule has 0 radical (unpaired) electrons. The Morgan fingerprint density at radius 2 is 1.69 bits per heavy atom. The SMILES string of the molecule is C[C@@H]1CC[C@H]2C(C)(C)C3C[C@@]12CC[C@]3(C)O. The monoisotopic (exact) mass is 222 g/mol. The van der Waals surface area contributed by atoms with Gasteiger partial charge in [0.15, 0.2) is 0 Å². The highest BCUT2D eigenvalue weighted by atomic mass is 16.3. The fourth-order valence-electron chi connectivity index (χ4n) is 5.88. The lowest BCUT2D eigenvalue weighted by Gasteiger charge is -2.44. The molecule has 0 aromatic rings. The molecular formula is C15H26O. The second kappa shape index (κ2) is 2.85. The van der Waals surface area contributed by atoms with Gasteiger partial charge in [0.2, 0.25) is 0 Å². The van der Waals surface area contributed by atoms with Crippen molar-refractivity contribution in [3.05, 3.63) is 0 Å². The summed E-state index contributed by atoms with van der Waals surface area (Å²) in [6, 6.07) is 0. The topological polar surface area (TPSA) is 20.2 Å². The van der Waals surface area contributed by atoms with E-state index in [1.807, 2.05) is 0 Å². The first kappa shape index (κ1) is 11.1. The van der Waals surface area contributed by atoms with Gasteiger partial charge in [-0.05, 0) is 67.6 Å². The molecule has 0 saturated heterocycles. The first-order valence-corrected chi connectivity index (χ1v) is 7.03. The number of rotatable bonds is 0. The Kier molecular flexibility index (Phi) is 1.98. The van der Waals surface area contributed by atoms with Crippen LogP contribution >= 0.6 is 0 Å². The molecule has 0 aromatic heterocycles. The van der Waals surface area contributed by atoms with E-state index in [9.17, 15) is 5.11 Å². The average Bonchev–Trinajstić information content (AvgIpc) is 2.58. The summed E-state index contributed by atoms with van der Waals surface area (Å²) in [5.74, 6) is 2.29. The molecule has 1 spiro atoms. The predicted octanol–water partition coefficient (Wildman–Crippen LogP) is 3.61. The van der Waals surface area contributed by atoms with Crippen LogP contribution in [0.2, 0.25) is 0 Å². The lowest BCUT2D eigenvalue weighted by molar-refractivity contribution is -0.0717. The van der Waals surface area contributed by atoms with Gasteiger partial charge in [-0.15, -0.1) is 0 Å². The van der Waals surface area contributed by atoms with Crippen molar-refractivity contribution in [1.82, 2.24) is 0 Å². The third-order valence-corrected chi connectivity index (χ3v) is 6.79. The Balaban J connectivity index is 2.07. The summed E-state index contributed by atoms with van der Waals surface area (Å²) in [6.45, 7) is 9.38. The van der Waals surface area contributed by atoms with E-state index in [2.05, 4.69) is 27.7 Å². The molecule has 1 unspecified atom stereocenters. The van der Waals surface area contributed by atoms with Crippen LogP contribution < -0.4 is 0 Å². The molecule has 0 heterocycles. The third-order valence-electron chi connectivity index (χ3n) is 6.79. The number of aliphatic hydroxyl groups is 1. The van der Waals surface area contributed by atoms with Crippen molar-refractivity contribution in [2.24, 2.45) is 28.6 Å². The quantitative estimate of drug-likeness (QED) is 0.664. The van der Waals surface area contributed by atoms with Crippen molar-refractivity contribution in [3.63, 3.8) is 0 Å². The van der Waals surface area contributed by atoms with Gasteiger partial charge in [0.05, 0.1) is 5.60 Å². The molecule has 3 aliphatic carbocycles. The van der Waals surface area contributed by atoms with E-state index < -0.39 is 5.60 Å². The first-order valence-electron chi connectivity index (χ1n) is 7.03. The molecule has 1 heteroatoms. The maximum atomic E-state index is 10.6. The Morgan fingerprint density at radius 3 is 2.38 bits per heavy atom. The van der Waals surface area contributed by atoms with E-state index in [1.165, 1.54) is 25.7 Å². The Morgan fingerprint density at radius 1 is 1.00 bits per heavy atom. The van der Waals surface area contributed by atoms with Crippen molar-refractivity contribution < 1.29 is 5.11 Å². The highest BCUT2D eigenvalue weighted by molar-refractivity contribution is 5.16. The molecule has 1 N–H and O–H groups in total. The lowest BCUT2D eigenvalue weighted by Crippen LogP contribution is -2.44. The van der Waals surface area contributed by atoms with Gasteiger partial charge < -0.3 is 5.11 Å². The normalized spacial score (nSPS) is 58.7. The molecule has 0 amide bonds. The standard InChI is InChI=1S/C15H26O/c1-10-5-6-11-13(2,3)12-9-15(10,11)8-7-14(12,4)16/h10-12,16H,5-9H2,1-4H3/t10-,11+,12?,14+,15+/m1/s1. The second-order valence-corrected chi connectivity index (χ2v) is 7.70. The summed E-state index contributed by atoms with van der Waals surface area (Å²) in [5.41, 5.74) is 0.542. The summed E-state index contributed by atoms with van der Waals surface area (Å²) in [6.07, 6.45) is 6.41. The smallest absolute Gasteiger partial charge is 0.0653 e. The van der Waals surface area contributed by atoms with E-state index in [1.54, 1.807) is 0 Å². The van der Waals surface area contributed by atoms with E-state index >= 15 is 0 Å². The van der Waals surface area contributed by atoms with Gasteiger partial charge in [0.25, 0.3) is 0 Å².